The molecule has 230 valence electrons. The van der Waals surface area contributed by atoms with E-state index < -0.39 is 0 Å². The molecule has 7 aromatic carbocycles. The number of nitrogens with zero attached hydrogens (tertiary/aromatic N) is 5. The molecule has 0 N–H and O–H groups in total. The molecular formula is C45H25N5. The number of fused-ring (bicyclic) bond motifs is 6. The fourth-order valence-corrected chi connectivity index (χ4v) is 7.39. The third kappa shape index (κ3) is 4.38. The van der Waals surface area contributed by atoms with Gasteiger partial charge < -0.3 is 9.13 Å². The van der Waals surface area contributed by atoms with E-state index in [-0.39, 0.29) is 0 Å². The monoisotopic (exact) mass is 635 g/mol. The summed E-state index contributed by atoms with van der Waals surface area (Å²) in [6, 6.07) is 55.8. The Morgan fingerprint density at radius 1 is 0.480 bits per heavy atom. The predicted molar refractivity (Wildman–Crippen MR) is 202 cm³/mol. The molecule has 0 aliphatic rings. The van der Waals surface area contributed by atoms with Gasteiger partial charge in [0.05, 0.1) is 52.1 Å². The van der Waals surface area contributed by atoms with Crippen molar-refractivity contribution < 1.29 is 0 Å². The first-order valence-electron chi connectivity index (χ1n) is 16.3. The van der Waals surface area contributed by atoms with Crippen LogP contribution in [0.3, 0.4) is 0 Å². The summed E-state index contributed by atoms with van der Waals surface area (Å²) < 4.78 is 4.41. The van der Waals surface area contributed by atoms with Crippen molar-refractivity contribution >= 4 is 49.3 Å². The lowest BCUT2D eigenvalue weighted by molar-refractivity contribution is 1.18. The standard InChI is InChI=1S/C45H25N5/c1-48-33-18-20-39-40-23-29(27-46)17-22-44(40)49(45(39)26-33)34-19-21-35(32(25-34)28-47)30-9-8-10-31(24-30)36-11-2-5-14-41(36)50-42-15-6-3-12-37(42)38-13-4-7-16-43(38)50/h2-26H. The van der Waals surface area contributed by atoms with Crippen molar-refractivity contribution in [2.45, 2.75) is 0 Å². The number of benzene rings is 7. The van der Waals surface area contributed by atoms with E-state index in [9.17, 15) is 10.5 Å². The van der Waals surface area contributed by atoms with Crippen LogP contribution in [-0.4, -0.2) is 9.13 Å². The summed E-state index contributed by atoms with van der Waals surface area (Å²) >= 11 is 0. The first-order valence-corrected chi connectivity index (χ1v) is 16.3. The number of para-hydroxylation sites is 3. The van der Waals surface area contributed by atoms with Crippen LogP contribution in [0.5, 0.6) is 0 Å². The number of nitriles is 2. The zero-order valence-electron chi connectivity index (χ0n) is 26.7. The van der Waals surface area contributed by atoms with Crippen molar-refractivity contribution in [2.24, 2.45) is 0 Å². The van der Waals surface area contributed by atoms with Crippen LogP contribution >= 0.6 is 0 Å². The molecule has 5 nitrogen and oxygen atoms in total. The van der Waals surface area contributed by atoms with Gasteiger partial charge in [-0.3, -0.25) is 0 Å². The highest BCUT2D eigenvalue weighted by molar-refractivity contribution is 6.11. The van der Waals surface area contributed by atoms with Crippen LogP contribution in [0.1, 0.15) is 11.1 Å². The molecule has 5 heteroatoms. The Labute approximate surface area is 288 Å². The van der Waals surface area contributed by atoms with E-state index >= 15 is 0 Å². The van der Waals surface area contributed by atoms with Crippen LogP contribution in [0.2, 0.25) is 0 Å². The third-order valence-electron chi connectivity index (χ3n) is 9.60. The topological polar surface area (TPSA) is 61.8 Å². The smallest absolute Gasteiger partial charge is 0.189 e. The molecule has 9 aromatic rings. The number of aromatic nitrogens is 2. The van der Waals surface area contributed by atoms with Crippen molar-refractivity contribution in [3.63, 3.8) is 0 Å². The number of hydrogen-bond donors (Lipinski definition) is 0. The second-order valence-electron chi connectivity index (χ2n) is 12.3. The number of rotatable bonds is 4. The quantitative estimate of drug-likeness (QED) is 0.181. The molecule has 0 saturated carbocycles. The molecule has 2 heterocycles. The predicted octanol–water partition coefficient (Wildman–Crippen LogP) is 11.5. The molecule has 2 aromatic heterocycles. The average Bonchev–Trinajstić information content (AvgIpc) is 3.69. The van der Waals surface area contributed by atoms with Crippen molar-refractivity contribution in [2.75, 3.05) is 0 Å². The third-order valence-corrected chi connectivity index (χ3v) is 9.60. The molecule has 0 aliphatic carbocycles. The van der Waals surface area contributed by atoms with Crippen LogP contribution < -0.4 is 0 Å². The lowest BCUT2D eigenvalue weighted by Gasteiger charge is -2.15. The molecule has 9 rings (SSSR count). The highest BCUT2D eigenvalue weighted by atomic mass is 15.0. The SMILES string of the molecule is [C-]#[N+]c1ccc2c3cc(C#N)ccc3n(-c3ccc(-c4cccc(-c5ccccc5-n5c6ccccc6c6ccccc65)c4)c(C#N)c3)c2c1. The van der Waals surface area contributed by atoms with Gasteiger partial charge in [-0.15, -0.1) is 0 Å². The molecule has 0 aliphatic heterocycles. The molecule has 0 spiro atoms. The first kappa shape index (κ1) is 28.8. The van der Waals surface area contributed by atoms with Crippen molar-refractivity contribution in [3.8, 4) is 45.8 Å². The lowest BCUT2D eigenvalue weighted by atomic mass is 9.95. The molecule has 0 atom stereocenters. The van der Waals surface area contributed by atoms with Gasteiger partial charge in [0.15, 0.2) is 5.69 Å². The molecule has 0 amide bonds. The summed E-state index contributed by atoms with van der Waals surface area (Å²) in [7, 11) is 0. The Morgan fingerprint density at radius 3 is 1.90 bits per heavy atom. The van der Waals surface area contributed by atoms with Crippen LogP contribution in [0.15, 0.2) is 152 Å². The molecule has 0 radical (unpaired) electrons. The Hall–Kier alpha value is -7.39. The summed E-state index contributed by atoms with van der Waals surface area (Å²) in [5, 5.41) is 24.4. The summed E-state index contributed by atoms with van der Waals surface area (Å²) in [5.41, 5.74) is 11.5. The minimum atomic E-state index is 0.525. The largest absolute Gasteiger partial charge is 0.310 e. The van der Waals surface area contributed by atoms with Crippen molar-refractivity contribution in [1.82, 2.24) is 9.13 Å². The Morgan fingerprint density at radius 2 is 1.16 bits per heavy atom. The molecule has 0 fully saturated rings. The summed E-state index contributed by atoms with van der Waals surface area (Å²) in [5.74, 6) is 0. The Balaban J connectivity index is 1.19. The number of hydrogen-bond acceptors (Lipinski definition) is 2. The molecule has 0 saturated heterocycles. The van der Waals surface area contributed by atoms with Gasteiger partial charge in [-0.2, -0.15) is 10.5 Å². The zero-order chi connectivity index (χ0) is 33.8. The second kappa shape index (κ2) is 11.4. The van der Waals surface area contributed by atoms with Gasteiger partial charge in [0, 0.05) is 38.3 Å². The average molecular weight is 636 g/mol. The van der Waals surface area contributed by atoms with E-state index in [1.807, 2.05) is 54.6 Å². The zero-order valence-corrected chi connectivity index (χ0v) is 26.7. The van der Waals surface area contributed by atoms with E-state index in [0.29, 0.717) is 16.8 Å². The summed E-state index contributed by atoms with van der Waals surface area (Å²) in [6.45, 7) is 7.61. The van der Waals surface area contributed by atoms with E-state index in [0.717, 1.165) is 66.5 Å². The highest BCUT2D eigenvalue weighted by Crippen LogP contribution is 2.39. The van der Waals surface area contributed by atoms with Gasteiger partial charge in [0.2, 0.25) is 0 Å². The van der Waals surface area contributed by atoms with Crippen LogP contribution in [-0.2, 0) is 0 Å². The first-order chi connectivity index (χ1) is 24.7. The fraction of sp³-hybridized carbons (Fsp3) is 0. The van der Waals surface area contributed by atoms with Crippen molar-refractivity contribution in [3.05, 3.63) is 174 Å². The fourth-order valence-electron chi connectivity index (χ4n) is 7.39. The molecule has 50 heavy (non-hydrogen) atoms. The maximum atomic E-state index is 10.5. The maximum absolute atomic E-state index is 10.5. The summed E-state index contributed by atoms with van der Waals surface area (Å²) in [6.07, 6.45) is 0. The van der Waals surface area contributed by atoms with Gasteiger partial charge >= 0.3 is 0 Å². The van der Waals surface area contributed by atoms with Gasteiger partial charge in [0.25, 0.3) is 0 Å². The van der Waals surface area contributed by atoms with Gasteiger partial charge in [-0.1, -0.05) is 91.0 Å². The van der Waals surface area contributed by atoms with Crippen LogP contribution in [0.4, 0.5) is 5.69 Å². The Bertz CT molecular complexity index is 2920. The van der Waals surface area contributed by atoms with Crippen LogP contribution in [0.25, 0.3) is 82.1 Å². The molecule has 0 unspecified atom stereocenters. The molecular weight excluding hydrogens is 611 g/mol. The van der Waals surface area contributed by atoms with Crippen LogP contribution in [0, 0.1) is 29.2 Å². The van der Waals surface area contributed by atoms with E-state index in [1.54, 1.807) is 12.1 Å². The van der Waals surface area contributed by atoms with E-state index in [4.69, 9.17) is 6.57 Å². The van der Waals surface area contributed by atoms with E-state index in [2.05, 4.69) is 111 Å². The highest BCUT2D eigenvalue weighted by Gasteiger charge is 2.18. The lowest BCUT2D eigenvalue weighted by Crippen LogP contribution is -1.97. The summed E-state index contributed by atoms with van der Waals surface area (Å²) in [4.78, 5) is 3.66. The minimum absolute atomic E-state index is 0.525. The van der Waals surface area contributed by atoms with Gasteiger partial charge in [-0.25, -0.2) is 4.85 Å². The van der Waals surface area contributed by atoms with Gasteiger partial charge in [-0.05, 0) is 77.4 Å². The maximum Gasteiger partial charge on any atom is 0.189 e. The Kier molecular flexibility index (Phi) is 6.56. The van der Waals surface area contributed by atoms with Crippen molar-refractivity contribution in [1.29, 1.82) is 10.5 Å². The second-order valence-corrected chi connectivity index (χ2v) is 12.3. The normalized spacial score (nSPS) is 11.1. The minimum Gasteiger partial charge on any atom is -0.310 e. The molecule has 0 bridgehead atoms. The van der Waals surface area contributed by atoms with Gasteiger partial charge in [0.1, 0.15) is 0 Å². The van der Waals surface area contributed by atoms with E-state index in [1.165, 1.54) is 10.8 Å².